The van der Waals surface area contributed by atoms with Gasteiger partial charge >= 0.3 is 0 Å². The normalized spacial score (nSPS) is 10.7. The van der Waals surface area contributed by atoms with E-state index >= 15 is 0 Å². The molecule has 1 N–H and O–H groups in total. The fraction of sp³-hybridized carbons (Fsp3) is 0.278. The topological polar surface area (TPSA) is 83.1 Å². The number of hydrogen-bond acceptors (Lipinski definition) is 4. The van der Waals surface area contributed by atoms with E-state index in [0.29, 0.717) is 0 Å². The van der Waals surface area contributed by atoms with Gasteiger partial charge in [0.1, 0.15) is 17.4 Å². The summed E-state index contributed by atoms with van der Waals surface area (Å²) in [4.78, 5) is 25.1. The lowest BCUT2D eigenvalue weighted by Gasteiger charge is -2.17. The van der Waals surface area contributed by atoms with E-state index in [4.69, 9.17) is 0 Å². The minimum Gasteiger partial charge on any atom is -0.494 e. The minimum atomic E-state index is -0.628. The highest BCUT2D eigenvalue weighted by molar-refractivity contribution is 6.11. The van der Waals surface area contributed by atoms with Crippen molar-refractivity contribution in [2.75, 3.05) is 0 Å². The molecule has 0 saturated carbocycles. The number of carbonyl (C=O) groups is 1. The van der Waals surface area contributed by atoms with Crippen LogP contribution in [0, 0.1) is 30.0 Å². The molecule has 0 saturated heterocycles. The molecule has 124 valence electrons. The van der Waals surface area contributed by atoms with Gasteiger partial charge in [0.15, 0.2) is 5.78 Å². The van der Waals surface area contributed by atoms with Gasteiger partial charge in [-0.15, -0.1) is 0 Å². The quantitative estimate of drug-likeness (QED) is 0.875. The molecule has 6 heteroatoms. The Balaban J connectivity index is 2.73. The summed E-state index contributed by atoms with van der Waals surface area (Å²) in [6.45, 7) is 5.30. The van der Waals surface area contributed by atoms with Crippen LogP contribution in [0.5, 0.6) is 5.88 Å². The number of hydrogen-bond donors (Lipinski definition) is 1. The third kappa shape index (κ3) is 3.06. The maximum Gasteiger partial charge on any atom is 0.271 e. The molecule has 0 spiro atoms. The summed E-state index contributed by atoms with van der Waals surface area (Å²) >= 11 is 0. The van der Waals surface area contributed by atoms with E-state index in [1.807, 2.05) is 13.8 Å². The standard InChI is InChI=1S/C18H17FN2O3/c1-10(2)9-21-17(23)14(8-20)11(3)15(18(21)24)16(22)12-4-6-13(19)7-5-12/h4-7,10,24H,9H2,1-3H3. The van der Waals surface area contributed by atoms with Gasteiger partial charge in [0.05, 0.1) is 5.56 Å². The van der Waals surface area contributed by atoms with Crippen LogP contribution in [0.2, 0.25) is 0 Å². The smallest absolute Gasteiger partial charge is 0.271 e. The summed E-state index contributed by atoms with van der Waals surface area (Å²) in [5.41, 5.74) is -0.642. The van der Waals surface area contributed by atoms with Gasteiger partial charge in [0.25, 0.3) is 5.56 Å². The van der Waals surface area contributed by atoms with Gasteiger partial charge in [0.2, 0.25) is 5.88 Å². The molecule has 1 heterocycles. The Kier molecular flexibility index (Phi) is 4.84. The number of carbonyl (C=O) groups excluding carboxylic acids is 1. The molecule has 5 nitrogen and oxygen atoms in total. The molecule has 0 aliphatic carbocycles. The maximum atomic E-state index is 13.0. The predicted molar refractivity (Wildman–Crippen MR) is 86.5 cm³/mol. The van der Waals surface area contributed by atoms with E-state index in [1.54, 1.807) is 6.07 Å². The lowest BCUT2D eigenvalue weighted by Crippen LogP contribution is -2.28. The molecular formula is C18H17FN2O3. The highest BCUT2D eigenvalue weighted by Crippen LogP contribution is 2.25. The number of rotatable bonds is 4. The van der Waals surface area contributed by atoms with Crippen molar-refractivity contribution < 1.29 is 14.3 Å². The van der Waals surface area contributed by atoms with Crippen LogP contribution in [0.1, 0.15) is 40.9 Å². The number of benzene rings is 1. The lowest BCUT2D eigenvalue weighted by molar-refractivity contribution is 0.103. The van der Waals surface area contributed by atoms with Crippen LogP contribution in [-0.4, -0.2) is 15.5 Å². The van der Waals surface area contributed by atoms with E-state index in [9.17, 15) is 24.3 Å². The zero-order valence-corrected chi connectivity index (χ0v) is 13.6. The first-order valence-corrected chi connectivity index (χ1v) is 7.44. The van der Waals surface area contributed by atoms with Crippen molar-refractivity contribution in [3.63, 3.8) is 0 Å². The summed E-state index contributed by atoms with van der Waals surface area (Å²) < 4.78 is 14.1. The predicted octanol–water partition coefficient (Wildman–Crippen LogP) is 2.76. The van der Waals surface area contributed by atoms with Crippen LogP contribution in [-0.2, 0) is 6.54 Å². The Morgan fingerprint density at radius 2 is 1.92 bits per heavy atom. The number of aromatic hydroxyl groups is 1. The van der Waals surface area contributed by atoms with E-state index in [0.717, 1.165) is 16.7 Å². The van der Waals surface area contributed by atoms with E-state index < -0.39 is 23.0 Å². The second-order valence-electron chi connectivity index (χ2n) is 5.96. The first kappa shape index (κ1) is 17.4. The monoisotopic (exact) mass is 328 g/mol. The van der Waals surface area contributed by atoms with Gasteiger partial charge < -0.3 is 5.11 Å². The largest absolute Gasteiger partial charge is 0.494 e. The highest BCUT2D eigenvalue weighted by atomic mass is 19.1. The van der Waals surface area contributed by atoms with Crippen molar-refractivity contribution in [2.45, 2.75) is 27.3 Å². The van der Waals surface area contributed by atoms with Gasteiger partial charge in [-0.2, -0.15) is 5.26 Å². The SMILES string of the molecule is Cc1c(C(=O)c2ccc(F)cc2)c(O)n(CC(C)C)c(=O)c1C#N. The fourth-order valence-corrected chi connectivity index (χ4v) is 2.50. The first-order valence-electron chi connectivity index (χ1n) is 7.44. The average molecular weight is 328 g/mol. The zero-order chi connectivity index (χ0) is 18.0. The van der Waals surface area contributed by atoms with Gasteiger partial charge in [-0.3, -0.25) is 14.2 Å². The Bertz CT molecular complexity index is 890. The van der Waals surface area contributed by atoms with Gasteiger partial charge in [-0.1, -0.05) is 13.8 Å². The molecule has 24 heavy (non-hydrogen) atoms. The summed E-state index contributed by atoms with van der Waals surface area (Å²) in [5.74, 6) is -1.51. The summed E-state index contributed by atoms with van der Waals surface area (Å²) in [7, 11) is 0. The first-order chi connectivity index (χ1) is 11.3. The molecule has 0 fully saturated rings. The molecule has 0 unspecified atom stereocenters. The van der Waals surface area contributed by atoms with Gasteiger partial charge in [-0.05, 0) is 42.7 Å². The zero-order valence-electron chi connectivity index (χ0n) is 13.6. The van der Waals surface area contributed by atoms with E-state index in [-0.39, 0.29) is 34.7 Å². The van der Waals surface area contributed by atoms with Crippen LogP contribution in [0.25, 0.3) is 0 Å². The van der Waals surface area contributed by atoms with Gasteiger partial charge in [0, 0.05) is 12.1 Å². The Labute approximate surface area is 138 Å². The summed E-state index contributed by atoms with van der Waals surface area (Å²) in [6, 6.07) is 6.66. The number of nitrogens with zero attached hydrogens (tertiary/aromatic N) is 2. The molecule has 0 aliphatic heterocycles. The number of pyridine rings is 1. The molecule has 0 atom stereocenters. The molecule has 1 aromatic heterocycles. The molecule has 0 radical (unpaired) electrons. The third-order valence-corrected chi connectivity index (χ3v) is 3.68. The van der Waals surface area contributed by atoms with Crippen molar-refractivity contribution in [3.8, 4) is 11.9 Å². The Hall–Kier alpha value is -2.94. The Morgan fingerprint density at radius 3 is 2.42 bits per heavy atom. The second kappa shape index (κ2) is 6.67. The molecule has 0 aliphatic rings. The lowest BCUT2D eigenvalue weighted by atomic mass is 9.97. The van der Waals surface area contributed by atoms with E-state index in [1.165, 1.54) is 19.1 Å². The van der Waals surface area contributed by atoms with Crippen molar-refractivity contribution in [2.24, 2.45) is 5.92 Å². The molecule has 2 aromatic rings. The molecule has 0 bridgehead atoms. The third-order valence-electron chi connectivity index (χ3n) is 3.68. The average Bonchev–Trinajstić information content (AvgIpc) is 2.52. The summed E-state index contributed by atoms with van der Waals surface area (Å²) in [6.07, 6.45) is 0. The molecular weight excluding hydrogens is 311 g/mol. The fourth-order valence-electron chi connectivity index (χ4n) is 2.50. The van der Waals surface area contributed by atoms with Crippen molar-refractivity contribution in [1.82, 2.24) is 4.57 Å². The van der Waals surface area contributed by atoms with Crippen molar-refractivity contribution in [3.05, 3.63) is 62.7 Å². The van der Waals surface area contributed by atoms with Crippen LogP contribution in [0.15, 0.2) is 29.1 Å². The van der Waals surface area contributed by atoms with Crippen LogP contribution >= 0.6 is 0 Å². The second-order valence-corrected chi connectivity index (χ2v) is 5.96. The number of halogens is 1. The highest BCUT2D eigenvalue weighted by Gasteiger charge is 2.25. The molecule has 0 amide bonds. The van der Waals surface area contributed by atoms with Gasteiger partial charge in [-0.25, -0.2) is 4.39 Å². The molecule has 1 aromatic carbocycles. The number of ketones is 1. The minimum absolute atomic E-state index is 0.0247. The molecule has 2 rings (SSSR count). The maximum absolute atomic E-state index is 13.0. The van der Waals surface area contributed by atoms with Crippen molar-refractivity contribution >= 4 is 5.78 Å². The van der Waals surface area contributed by atoms with Crippen LogP contribution in [0.3, 0.4) is 0 Å². The Morgan fingerprint density at radius 1 is 1.33 bits per heavy atom. The van der Waals surface area contributed by atoms with Crippen LogP contribution < -0.4 is 5.56 Å². The number of aromatic nitrogens is 1. The van der Waals surface area contributed by atoms with E-state index in [2.05, 4.69) is 0 Å². The number of nitriles is 1. The van der Waals surface area contributed by atoms with Crippen LogP contribution in [0.4, 0.5) is 4.39 Å². The summed E-state index contributed by atoms with van der Waals surface area (Å²) in [5, 5.41) is 19.7. The van der Waals surface area contributed by atoms with Crippen molar-refractivity contribution in [1.29, 1.82) is 5.26 Å².